The molecule has 5 nitrogen and oxygen atoms in total. The van der Waals surface area contributed by atoms with Gasteiger partial charge in [0.25, 0.3) is 0 Å². The van der Waals surface area contributed by atoms with Crippen LogP contribution >= 0.6 is 11.6 Å². The van der Waals surface area contributed by atoms with E-state index in [0.29, 0.717) is 16.8 Å². The zero-order valence-electron chi connectivity index (χ0n) is 10.1. The monoisotopic (exact) mass is 291 g/mol. The van der Waals surface area contributed by atoms with Gasteiger partial charge in [-0.15, -0.1) is 11.6 Å². The second kappa shape index (κ2) is 6.06. The molecular formula is C11H14ClNO4S. The van der Waals surface area contributed by atoms with Crippen molar-refractivity contribution in [3.8, 4) is 0 Å². The van der Waals surface area contributed by atoms with E-state index in [1.165, 1.54) is 19.2 Å². The molecular weight excluding hydrogens is 278 g/mol. The highest BCUT2D eigenvalue weighted by atomic mass is 35.5. The van der Waals surface area contributed by atoms with Crippen LogP contribution in [-0.4, -0.2) is 33.1 Å². The minimum absolute atomic E-state index is 0.0224. The number of halogens is 1. The molecule has 100 valence electrons. The molecule has 0 heterocycles. The zero-order chi connectivity index (χ0) is 13.8. The van der Waals surface area contributed by atoms with Crippen molar-refractivity contribution < 1.29 is 17.9 Å². The average molecular weight is 292 g/mol. The molecule has 0 amide bonds. The summed E-state index contributed by atoms with van der Waals surface area (Å²) in [6, 6.07) is 4.58. The van der Waals surface area contributed by atoms with E-state index in [0.717, 1.165) is 0 Å². The van der Waals surface area contributed by atoms with Crippen LogP contribution in [0.4, 0.5) is 5.69 Å². The number of alkyl halides is 1. The van der Waals surface area contributed by atoms with Crippen LogP contribution in [0.25, 0.3) is 0 Å². The van der Waals surface area contributed by atoms with E-state index in [9.17, 15) is 13.2 Å². The Labute approximate surface area is 111 Å². The zero-order valence-corrected chi connectivity index (χ0v) is 11.6. The van der Waals surface area contributed by atoms with Crippen LogP contribution in [-0.2, 0) is 14.8 Å². The number of carbonyl (C=O) groups excluding carboxylic acids is 1. The number of anilines is 1. The first kappa shape index (κ1) is 14.8. The Hall–Kier alpha value is -1.27. The van der Waals surface area contributed by atoms with Crippen LogP contribution < -0.4 is 4.72 Å². The van der Waals surface area contributed by atoms with Crippen LogP contribution in [0.15, 0.2) is 18.2 Å². The van der Waals surface area contributed by atoms with Crippen LogP contribution in [0.1, 0.15) is 15.9 Å². The molecule has 1 rings (SSSR count). The smallest absolute Gasteiger partial charge is 0.337 e. The maximum Gasteiger partial charge on any atom is 0.337 e. The molecule has 0 radical (unpaired) electrons. The predicted molar refractivity (Wildman–Crippen MR) is 70.6 cm³/mol. The highest BCUT2D eigenvalue weighted by molar-refractivity contribution is 7.92. The van der Waals surface area contributed by atoms with E-state index >= 15 is 0 Å². The van der Waals surface area contributed by atoms with Crippen molar-refractivity contribution in [3.05, 3.63) is 29.3 Å². The minimum atomic E-state index is -3.44. The quantitative estimate of drug-likeness (QED) is 0.663. The maximum atomic E-state index is 11.5. The van der Waals surface area contributed by atoms with Gasteiger partial charge >= 0.3 is 5.97 Å². The number of hydrogen-bond acceptors (Lipinski definition) is 4. The number of methoxy groups -OCH3 is 1. The number of rotatable bonds is 5. The van der Waals surface area contributed by atoms with E-state index in [4.69, 9.17) is 11.6 Å². The Kier molecular flexibility index (Phi) is 4.98. The minimum Gasteiger partial charge on any atom is -0.465 e. The first-order valence-electron chi connectivity index (χ1n) is 5.15. The summed E-state index contributed by atoms with van der Waals surface area (Å²) >= 11 is 5.40. The third kappa shape index (κ3) is 3.89. The predicted octanol–water partition coefficient (Wildman–Crippen LogP) is 1.76. The molecule has 0 aromatic heterocycles. The fourth-order valence-corrected chi connectivity index (χ4v) is 2.82. The van der Waals surface area contributed by atoms with Gasteiger partial charge in [0, 0.05) is 5.88 Å². The standard InChI is InChI=1S/C11H14ClNO4S/c1-8-7-9(11(14)17-2)3-4-10(8)13-18(15,16)6-5-12/h3-4,7,13H,5-6H2,1-2H3. The average Bonchev–Trinajstić information content (AvgIpc) is 2.30. The van der Waals surface area contributed by atoms with Gasteiger partial charge in [0.2, 0.25) is 10.0 Å². The molecule has 0 aliphatic carbocycles. The maximum absolute atomic E-state index is 11.5. The third-order valence-corrected chi connectivity index (χ3v) is 3.94. The first-order chi connectivity index (χ1) is 8.39. The summed E-state index contributed by atoms with van der Waals surface area (Å²) in [6.45, 7) is 1.70. The van der Waals surface area contributed by atoms with E-state index in [1.807, 2.05) is 0 Å². The Balaban J connectivity index is 2.97. The van der Waals surface area contributed by atoms with E-state index in [2.05, 4.69) is 9.46 Å². The van der Waals surface area contributed by atoms with Crippen molar-refractivity contribution in [1.82, 2.24) is 0 Å². The van der Waals surface area contributed by atoms with E-state index in [1.54, 1.807) is 13.0 Å². The lowest BCUT2D eigenvalue weighted by Gasteiger charge is -2.10. The number of carbonyl (C=O) groups is 1. The molecule has 0 saturated heterocycles. The summed E-state index contributed by atoms with van der Waals surface area (Å²) in [6.07, 6.45) is 0. The molecule has 7 heteroatoms. The van der Waals surface area contributed by atoms with Crippen molar-refractivity contribution in [2.45, 2.75) is 6.92 Å². The molecule has 1 N–H and O–H groups in total. The van der Waals surface area contributed by atoms with E-state index < -0.39 is 16.0 Å². The molecule has 1 aromatic rings. The Morgan fingerprint density at radius 2 is 2.11 bits per heavy atom. The summed E-state index contributed by atoms with van der Waals surface area (Å²) < 4.78 is 30.1. The Morgan fingerprint density at radius 1 is 1.44 bits per heavy atom. The number of nitrogens with one attached hydrogen (secondary N) is 1. The molecule has 0 atom stereocenters. The number of hydrogen-bond donors (Lipinski definition) is 1. The highest BCUT2D eigenvalue weighted by Gasteiger charge is 2.13. The summed E-state index contributed by atoms with van der Waals surface area (Å²) in [7, 11) is -2.16. The van der Waals surface area contributed by atoms with Crippen molar-refractivity contribution in [2.75, 3.05) is 23.5 Å². The second-order valence-corrected chi connectivity index (χ2v) is 5.85. The highest BCUT2D eigenvalue weighted by Crippen LogP contribution is 2.18. The fraction of sp³-hybridized carbons (Fsp3) is 0.364. The Morgan fingerprint density at radius 3 is 2.61 bits per heavy atom. The van der Waals surface area contributed by atoms with Gasteiger partial charge in [-0.05, 0) is 30.7 Å². The van der Waals surface area contributed by atoms with Crippen molar-refractivity contribution >= 4 is 33.3 Å². The lowest BCUT2D eigenvalue weighted by molar-refractivity contribution is 0.0600. The number of sulfonamides is 1. The van der Waals surface area contributed by atoms with Crippen LogP contribution in [0.5, 0.6) is 0 Å². The van der Waals surface area contributed by atoms with Gasteiger partial charge in [-0.1, -0.05) is 0 Å². The van der Waals surface area contributed by atoms with Crippen molar-refractivity contribution in [2.24, 2.45) is 0 Å². The summed E-state index contributed by atoms with van der Waals surface area (Å²) in [4.78, 5) is 11.3. The number of aryl methyl sites for hydroxylation is 1. The molecule has 0 bridgehead atoms. The van der Waals surface area contributed by atoms with Crippen LogP contribution in [0, 0.1) is 6.92 Å². The molecule has 0 aliphatic heterocycles. The summed E-state index contributed by atoms with van der Waals surface area (Å²) in [5.41, 5.74) is 1.43. The largest absolute Gasteiger partial charge is 0.465 e. The number of ether oxygens (including phenoxy) is 1. The van der Waals surface area contributed by atoms with Gasteiger partial charge < -0.3 is 4.74 Å². The topological polar surface area (TPSA) is 72.5 Å². The number of benzene rings is 1. The van der Waals surface area contributed by atoms with Gasteiger partial charge in [0.1, 0.15) is 0 Å². The third-order valence-electron chi connectivity index (χ3n) is 2.26. The summed E-state index contributed by atoms with van der Waals surface area (Å²) in [5.74, 6) is -0.602. The summed E-state index contributed by atoms with van der Waals surface area (Å²) in [5, 5.41) is 0. The van der Waals surface area contributed by atoms with Gasteiger partial charge in [-0.2, -0.15) is 0 Å². The molecule has 0 aliphatic rings. The molecule has 0 unspecified atom stereocenters. The number of esters is 1. The lowest BCUT2D eigenvalue weighted by atomic mass is 10.1. The fourth-order valence-electron chi connectivity index (χ4n) is 1.34. The van der Waals surface area contributed by atoms with Gasteiger partial charge in [0.05, 0.1) is 24.1 Å². The molecule has 1 aromatic carbocycles. The molecule has 0 fully saturated rings. The van der Waals surface area contributed by atoms with Crippen molar-refractivity contribution in [3.63, 3.8) is 0 Å². The van der Waals surface area contributed by atoms with Gasteiger partial charge in [-0.3, -0.25) is 4.72 Å². The Bertz CT molecular complexity index is 542. The molecule has 18 heavy (non-hydrogen) atoms. The van der Waals surface area contributed by atoms with Crippen LogP contribution in [0.3, 0.4) is 0 Å². The molecule has 0 spiro atoms. The first-order valence-corrected chi connectivity index (χ1v) is 7.33. The van der Waals surface area contributed by atoms with Crippen LogP contribution in [0.2, 0.25) is 0 Å². The van der Waals surface area contributed by atoms with Crippen molar-refractivity contribution in [1.29, 1.82) is 0 Å². The second-order valence-electron chi connectivity index (χ2n) is 3.63. The molecule has 0 saturated carbocycles. The van der Waals surface area contributed by atoms with Gasteiger partial charge in [0.15, 0.2) is 0 Å². The van der Waals surface area contributed by atoms with E-state index in [-0.39, 0.29) is 11.6 Å². The SMILES string of the molecule is COC(=O)c1ccc(NS(=O)(=O)CCCl)c(C)c1. The van der Waals surface area contributed by atoms with Gasteiger partial charge in [-0.25, -0.2) is 13.2 Å². The normalized spacial score (nSPS) is 11.1. The lowest BCUT2D eigenvalue weighted by Crippen LogP contribution is -2.18.